The first-order valence-electron chi connectivity index (χ1n) is 5.49. The van der Waals surface area contributed by atoms with Gasteiger partial charge in [-0.15, -0.1) is 0 Å². The van der Waals surface area contributed by atoms with Crippen molar-refractivity contribution >= 4 is 23.2 Å². The number of halogens is 5. The van der Waals surface area contributed by atoms with Crippen molar-refractivity contribution in [2.45, 2.75) is 6.04 Å². The molecule has 0 saturated carbocycles. The fraction of sp³-hybridized carbons (Fsp3) is 0.0769. The van der Waals surface area contributed by atoms with Gasteiger partial charge >= 0.3 is 0 Å². The van der Waals surface area contributed by atoms with Gasteiger partial charge in [-0.05, 0) is 17.7 Å². The molecular weight excluding hydrogens is 312 g/mol. The highest BCUT2D eigenvalue weighted by atomic mass is 35.5. The second-order valence-electron chi connectivity index (χ2n) is 4.05. The second-order valence-corrected chi connectivity index (χ2v) is 4.89. The maximum Gasteiger partial charge on any atom is 0.134 e. The molecule has 0 spiro atoms. The highest BCUT2D eigenvalue weighted by Gasteiger charge is 2.24. The van der Waals surface area contributed by atoms with Gasteiger partial charge in [0.05, 0.1) is 6.04 Å². The smallest absolute Gasteiger partial charge is 0.134 e. The van der Waals surface area contributed by atoms with E-state index in [0.717, 1.165) is 0 Å². The summed E-state index contributed by atoms with van der Waals surface area (Å²) in [6.07, 6.45) is 0. The number of benzene rings is 2. The molecule has 0 bridgehead atoms. The normalized spacial score (nSPS) is 12.5. The van der Waals surface area contributed by atoms with E-state index in [0.29, 0.717) is 22.7 Å². The van der Waals surface area contributed by atoms with Crippen molar-refractivity contribution in [1.82, 2.24) is 5.43 Å². The average Bonchev–Trinajstić information content (AvgIpc) is 2.34. The Labute approximate surface area is 123 Å². The Morgan fingerprint density at radius 1 is 1.00 bits per heavy atom. The van der Waals surface area contributed by atoms with E-state index in [1.807, 2.05) is 0 Å². The van der Waals surface area contributed by atoms with Crippen LogP contribution in [0.15, 0.2) is 30.3 Å². The van der Waals surface area contributed by atoms with E-state index >= 15 is 0 Å². The minimum absolute atomic E-state index is 0.184. The molecule has 2 nitrogen and oxygen atoms in total. The summed E-state index contributed by atoms with van der Waals surface area (Å²) in [5.74, 6) is 2.22. The van der Waals surface area contributed by atoms with E-state index in [-0.39, 0.29) is 5.02 Å². The molecule has 106 valence electrons. The molecule has 3 N–H and O–H groups in total. The van der Waals surface area contributed by atoms with E-state index in [1.54, 1.807) is 0 Å². The largest absolute Gasteiger partial charge is 0.271 e. The number of hydrogen-bond donors (Lipinski definition) is 2. The molecule has 20 heavy (non-hydrogen) atoms. The molecule has 2 rings (SSSR count). The van der Waals surface area contributed by atoms with E-state index in [4.69, 9.17) is 29.0 Å². The van der Waals surface area contributed by atoms with Crippen molar-refractivity contribution in [3.05, 3.63) is 69.0 Å². The molecule has 2 aromatic carbocycles. The van der Waals surface area contributed by atoms with Gasteiger partial charge in [-0.3, -0.25) is 5.84 Å². The molecule has 0 heterocycles. The summed E-state index contributed by atoms with van der Waals surface area (Å²) in [5, 5.41) is 0.554. The summed E-state index contributed by atoms with van der Waals surface area (Å²) in [6, 6.07) is 4.49. The number of hydrazine groups is 1. The predicted octanol–water partition coefficient (Wildman–Crippen LogP) is 3.96. The number of rotatable bonds is 3. The first kappa shape index (κ1) is 15.1. The first-order chi connectivity index (χ1) is 9.43. The molecule has 0 aliphatic heterocycles. The third kappa shape index (κ3) is 2.91. The van der Waals surface area contributed by atoms with Crippen molar-refractivity contribution in [3.8, 4) is 0 Å². The van der Waals surface area contributed by atoms with Crippen molar-refractivity contribution in [3.63, 3.8) is 0 Å². The monoisotopic (exact) mass is 320 g/mol. The van der Waals surface area contributed by atoms with Crippen LogP contribution in [0.4, 0.5) is 13.2 Å². The van der Waals surface area contributed by atoms with Gasteiger partial charge < -0.3 is 0 Å². The Kier molecular flexibility index (Phi) is 4.55. The zero-order valence-electron chi connectivity index (χ0n) is 9.93. The zero-order valence-corrected chi connectivity index (χ0v) is 11.4. The molecule has 0 aromatic heterocycles. The summed E-state index contributed by atoms with van der Waals surface area (Å²) in [6.45, 7) is 0. The van der Waals surface area contributed by atoms with Crippen LogP contribution in [0.3, 0.4) is 0 Å². The van der Waals surface area contributed by atoms with Gasteiger partial charge in [-0.2, -0.15) is 0 Å². The Bertz CT molecular complexity index is 627. The summed E-state index contributed by atoms with van der Waals surface area (Å²) in [7, 11) is 0. The van der Waals surface area contributed by atoms with Crippen LogP contribution in [0.25, 0.3) is 0 Å². The molecule has 7 heteroatoms. The van der Waals surface area contributed by atoms with E-state index < -0.39 is 29.1 Å². The zero-order chi connectivity index (χ0) is 14.9. The predicted molar refractivity (Wildman–Crippen MR) is 71.9 cm³/mol. The van der Waals surface area contributed by atoms with Gasteiger partial charge in [-0.25, -0.2) is 18.6 Å². The van der Waals surface area contributed by atoms with Crippen molar-refractivity contribution in [2.75, 3.05) is 0 Å². The molecule has 0 fully saturated rings. The van der Waals surface area contributed by atoms with Gasteiger partial charge in [0.2, 0.25) is 0 Å². The lowest BCUT2D eigenvalue weighted by atomic mass is 9.98. The topological polar surface area (TPSA) is 38.0 Å². The Hall–Kier alpha value is -1.27. The summed E-state index contributed by atoms with van der Waals surface area (Å²) >= 11 is 11.8. The minimum atomic E-state index is -1.07. The number of nitrogens with one attached hydrogen (secondary N) is 1. The summed E-state index contributed by atoms with van der Waals surface area (Å²) in [5.41, 5.74) is 2.17. The molecule has 0 aliphatic rings. The summed E-state index contributed by atoms with van der Waals surface area (Å²) < 4.78 is 40.5. The fourth-order valence-corrected chi connectivity index (χ4v) is 2.41. The van der Waals surface area contributed by atoms with Crippen molar-refractivity contribution in [1.29, 1.82) is 0 Å². The molecular formula is C13H9Cl2F3N2. The molecule has 0 radical (unpaired) electrons. The standard InChI is InChI=1S/C13H9Cl2F3N2/c14-6-1-2-8(9(15)3-6)13(20-19)12-10(17)4-7(16)5-11(12)18/h1-5,13,20H,19H2. The summed E-state index contributed by atoms with van der Waals surface area (Å²) in [4.78, 5) is 0. The van der Waals surface area contributed by atoms with Crippen LogP contribution >= 0.6 is 23.2 Å². The van der Waals surface area contributed by atoms with Crippen LogP contribution in [0.1, 0.15) is 17.2 Å². The van der Waals surface area contributed by atoms with E-state index in [1.165, 1.54) is 18.2 Å². The van der Waals surface area contributed by atoms with Crippen LogP contribution < -0.4 is 11.3 Å². The van der Waals surface area contributed by atoms with Gasteiger partial charge in [0, 0.05) is 27.7 Å². The van der Waals surface area contributed by atoms with Gasteiger partial charge in [0.15, 0.2) is 0 Å². The fourth-order valence-electron chi connectivity index (χ4n) is 1.89. The molecule has 0 saturated heterocycles. The van der Waals surface area contributed by atoms with Crippen LogP contribution in [-0.4, -0.2) is 0 Å². The van der Waals surface area contributed by atoms with Crippen LogP contribution in [0.5, 0.6) is 0 Å². The van der Waals surface area contributed by atoms with Gasteiger partial charge in [0.25, 0.3) is 0 Å². The van der Waals surface area contributed by atoms with Crippen molar-refractivity contribution in [2.24, 2.45) is 5.84 Å². The molecule has 0 aliphatic carbocycles. The maximum absolute atomic E-state index is 13.8. The molecule has 1 atom stereocenters. The SMILES string of the molecule is NNC(c1ccc(Cl)cc1Cl)c1c(F)cc(F)cc1F. The van der Waals surface area contributed by atoms with Crippen molar-refractivity contribution < 1.29 is 13.2 Å². The number of nitrogens with two attached hydrogens (primary N) is 1. The second kappa shape index (κ2) is 6.01. The molecule has 0 amide bonds. The maximum atomic E-state index is 13.8. The molecule has 2 aromatic rings. The van der Waals surface area contributed by atoms with Gasteiger partial charge in [-0.1, -0.05) is 29.3 Å². The lowest BCUT2D eigenvalue weighted by Crippen LogP contribution is -2.30. The Balaban J connectivity index is 2.58. The highest BCUT2D eigenvalue weighted by Crippen LogP contribution is 2.32. The highest BCUT2D eigenvalue weighted by molar-refractivity contribution is 6.35. The third-order valence-electron chi connectivity index (χ3n) is 2.77. The Morgan fingerprint density at radius 2 is 1.60 bits per heavy atom. The van der Waals surface area contributed by atoms with Crippen LogP contribution in [0.2, 0.25) is 10.0 Å². The number of hydrogen-bond acceptors (Lipinski definition) is 2. The van der Waals surface area contributed by atoms with Gasteiger partial charge in [0.1, 0.15) is 17.5 Å². The van der Waals surface area contributed by atoms with Crippen LogP contribution in [0, 0.1) is 17.5 Å². The lowest BCUT2D eigenvalue weighted by Gasteiger charge is -2.19. The van der Waals surface area contributed by atoms with E-state index in [9.17, 15) is 13.2 Å². The average molecular weight is 321 g/mol. The Morgan fingerprint density at radius 3 is 2.10 bits per heavy atom. The minimum Gasteiger partial charge on any atom is -0.271 e. The van der Waals surface area contributed by atoms with E-state index in [2.05, 4.69) is 5.43 Å². The lowest BCUT2D eigenvalue weighted by molar-refractivity contribution is 0.492. The van der Waals surface area contributed by atoms with Crippen LogP contribution in [-0.2, 0) is 0 Å². The first-order valence-corrected chi connectivity index (χ1v) is 6.25. The molecule has 1 unspecified atom stereocenters. The quantitative estimate of drug-likeness (QED) is 0.663. The third-order valence-corrected chi connectivity index (χ3v) is 3.34.